The maximum atomic E-state index is 11.1. The number of carbonyl (C=O) groups is 2. The predicted octanol–water partition coefficient (Wildman–Crippen LogP) is 1.80. The zero-order chi connectivity index (χ0) is 11.4. The van der Waals surface area contributed by atoms with Crippen LogP contribution in [0.4, 0.5) is 4.79 Å². The van der Waals surface area contributed by atoms with E-state index in [1.165, 1.54) is 0 Å². The van der Waals surface area contributed by atoms with Crippen LogP contribution in [0.2, 0.25) is 0 Å². The molecule has 0 saturated carbocycles. The molecule has 0 radical (unpaired) electrons. The van der Waals surface area contributed by atoms with Gasteiger partial charge in [0.15, 0.2) is 0 Å². The molecule has 0 fully saturated rings. The van der Waals surface area contributed by atoms with E-state index in [0.717, 1.165) is 0 Å². The highest BCUT2D eigenvalue weighted by Crippen LogP contribution is 2.07. The molecule has 0 aromatic heterocycles. The number of aliphatic carboxylic acids is 1. The Kier molecular flexibility index (Phi) is 7.13. The molecule has 1 amide bonds. The number of rotatable bonds is 3. The van der Waals surface area contributed by atoms with E-state index >= 15 is 0 Å². The summed E-state index contributed by atoms with van der Waals surface area (Å²) in [6, 6.07) is -0.884. The third-order valence-electron chi connectivity index (χ3n) is 1.40. The number of hydrogen-bond donors (Lipinski definition) is 2. The first-order chi connectivity index (χ1) is 6.26. The number of ether oxygens (including phenoxy) is 1. The lowest BCUT2D eigenvalue weighted by Crippen LogP contribution is -2.43. The summed E-state index contributed by atoms with van der Waals surface area (Å²) in [7, 11) is 0. The molecule has 0 spiro atoms. The van der Waals surface area contributed by atoms with Gasteiger partial charge in [0.1, 0.15) is 11.6 Å². The van der Waals surface area contributed by atoms with E-state index in [1.807, 2.05) is 0 Å². The highest BCUT2D eigenvalue weighted by atomic mass is 35.5. The van der Waals surface area contributed by atoms with Gasteiger partial charge in [0.25, 0.3) is 0 Å². The van der Waals surface area contributed by atoms with E-state index in [0.29, 0.717) is 6.42 Å². The van der Waals surface area contributed by atoms with E-state index < -0.39 is 23.7 Å². The fourth-order valence-electron chi connectivity index (χ4n) is 0.788. The molecule has 0 heterocycles. The van der Waals surface area contributed by atoms with Crippen LogP contribution in [0.1, 0.15) is 34.1 Å². The Bertz CT molecular complexity index is 225. The molecule has 6 heteroatoms. The first kappa shape index (κ1) is 16.5. The second-order valence-electron chi connectivity index (χ2n) is 3.95. The van der Waals surface area contributed by atoms with Crippen LogP contribution in [-0.2, 0) is 9.53 Å². The Morgan fingerprint density at radius 3 is 2.13 bits per heavy atom. The summed E-state index contributed by atoms with van der Waals surface area (Å²) < 4.78 is 4.91. The Hall–Kier alpha value is -0.970. The van der Waals surface area contributed by atoms with Crippen LogP contribution in [0, 0.1) is 0 Å². The van der Waals surface area contributed by atoms with Gasteiger partial charge in [-0.3, -0.25) is 0 Å². The quantitative estimate of drug-likeness (QED) is 0.788. The Morgan fingerprint density at radius 1 is 1.40 bits per heavy atom. The standard InChI is InChI=1S/C9H17NO4.ClH/c1-5-6(7(11)12)10-8(13)14-9(2,3)4;/h6H,5H2,1-4H3,(H,10,13)(H,11,12);1H/t6-;/m0./s1. The molecule has 90 valence electrons. The van der Waals surface area contributed by atoms with E-state index in [-0.39, 0.29) is 12.4 Å². The molecule has 5 nitrogen and oxygen atoms in total. The molecule has 0 aromatic rings. The monoisotopic (exact) mass is 239 g/mol. The average molecular weight is 240 g/mol. The van der Waals surface area contributed by atoms with Crippen molar-refractivity contribution in [1.82, 2.24) is 5.32 Å². The summed E-state index contributed by atoms with van der Waals surface area (Å²) in [6.07, 6.45) is -0.374. The first-order valence-electron chi connectivity index (χ1n) is 4.48. The van der Waals surface area contributed by atoms with E-state index in [9.17, 15) is 9.59 Å². The van der Waals surface area contributed by atoms with Crippen LogP contribution in [0.25, 0.3) is 0 Å². The van der Waals surface area contributed by atoms with Crippen molar-refractivity contribution in [3.8, 4) is 0 Å². The number of hydrogen-bond acceptors (Lipinski definition) is 3. The van der Waals surface area contributed by atoms with Crippen molar-refractivity contribution in [3.05, 3.63) is 0 Å². The molecule has 0 aliphatic rings. The Labute approximate surface area is 95.6 Å². The Balaban J connectivity index is 0. The van der Waals surface area contributed by atoms with Gasteiger partial charge in [0.2, 0.25) is 0 Å². The number of carboxylic acid groups (broad SMARTS) is 1. The van der Waals surface area contributed by atoms with Crippen molar-refractivity contribution in [2.45, 2.75) is 45.8 Å². The summed E-state index contributed by atoms with van der Waals surface area (Å²) in [6.45, 7) is 6.83. The number of halogens is 1. The number of carbonyl (C=O) groups excluding carboxylic acids is 1. The number of carboxylic acids is 1. The van der Waals surface area contributed by atoms with Gasteiger partial charge >= 0.3 is 12.1 Å². The lowest BCUT2D eigenvalue weighted by atomic mass is 10.2. The zero-order valence-corrected chi connectivity index (χ0v) is 10.2. The first-order valence-corrected chi connectivity index (χ1v) is 4.48. The van der Waals surface area contributed by atoms with Gasteiger partial charge in [-0.05, 0) is 27.2 Å². The third-order valence-corrected chi connectivity index (χ3v) is 1.40. The number of nitrogens with one attached hydrogen (secondary N) is 1. The topological polar surface area (TPSA) is 75.6 Å². The fourth-order valence-corrected chi connectivity index (χ4v) is 0.788. The van der Waals surface area contributed by atoms with E-state index in [1.54, 1.807) is 27.7 Å². The summed E-state index contributed by atoms with van der Waals surface area (Å²) >= 11 is 0. The fraction of sp³-hybridized carbons (Fsp3) is 0.778. The molecular formula is C9H18ClNO4. The van der Waals surface area contributed by atoms with Crippen molar-refractivity contribution in [3.63, 3.8) is 0 Å². The minimum atomic E-state index is -1.06. The zero-order valence-electron chi connectivity index (χ0n) is 9.36. The van der Waals surface area contributed by atoms with Crippen LogP contribution in [-0.4, -0.2) is 28.8 Å². The van der Waals surface area contributed by atoms with Crippen molar-refractivity contribution < 1.29 is 19.4 Å². The van der Waals surface area contributed by atoms with Gasteiger partial charge in [0, 0.05) is 0 Å². The summed E-state index contributed by atoms with van der Waals surface area (Å²) in [5.41, 5.74) is -0.610. The lowest BCUT2D eigenvalue weighted by molar-refractivity contribution is -0.139. The highest BCUT2D eigenvalue weighted by Gasteiger charge is 2.22. The largest absolute Gasteiger partial charge is 0.480 e. The minimum absolute atomic E-state index is 0. The molecule has 0 bridgehead atoms. The predicted molar refractivity (Wildman–Crippen MR) is 58.3 cm³/mol. The lowest BCUT2D eigenvalue weighted by Gasteiger charge is -2.21. The SMILES string of the molecule is CC[C@H](NC(=O)OC(C)(C)C)C(=O)O.Cl. The smallest absolute Gasteiger partial charge is 0.408 e. The van der Waals surface area contributed by atoms with E-state index in [4.69, 9.17) is 9.84 Å². The maximum absolute atomic E-state index is 11.1. The normalized spacial score (nSPS) is 12.3. The van der Waals surface area contributed by atoms with Gasteiger partial charge in [-0.25, -0.2) is 9.59 Å². The van der Waals surface area contributed by atoms with Crippen LogP contribution < -0.4 is 5.32 Å². The van der Waals surface area contributed by atoms with Gasteiger partial charge in [-0.2, -0.15) is 0 Å². The molecule has 15 heavy (non-hydrogen) atoms. The van der Waals surface area contributed by atoms with Crippen molar-refractivity contribution in [2.75, 3.05) is 0 Å². The number of alkyl carbamates (subject to hydrolysis) is 1. The molecular weight excluding hydrogens is 222 g/mol. The molecule has 0 aliphatic carbocycles. The Morgan fingerprint density at radius 2 is 1.87 bits per heavy atom. The van der Waals surface area contributed by atoms with Crippen LogP contribution in [0.5, 0.6) is 0 Å². The molecule has 1 atom stereocenters. The van der Waals surface area contributed by atoms with E-state index in [2.05, 4.69) is 5.32 Å². The van der Waals surface area contributed by atoms with Crippen LogP contribution in [0.3, 0.4) is 0 Å². The second-order valence-corrected chi connectivity index (χ2v) is 3.95. The number of amides is 1. The molecule has 0 aliphatic heterocycles. The molecule has 0 unspecified atom stereocenters. The van der Waals surface area contributed by atoms with Crippen molar-refractivity contribution >= 4 is 24.5 Å². The van der Waals surface area contributed by atoms with Crippen molar-refractivity contribution in [2.24, 2.45) is 0 Å². The molecule has 0 saturated heterocycles. The molecule has 2 N–H and O–H groups in total. The van der Waals surface area contributed by atoms with Crippen molar-refractivity contribution in [1.29, 1.82) is 0 Å². The summed E-state index contributed by atoms with van der Waals surface area (Å²) in [4.78, 5) is 21.7. The molecule has 0 rings (SSSR count). The second kappa shape index (κ2) is 6.50. The highest BCUT2D eigenvalue weighted by molar-refractivity contribution is 5.85. The average Bonchev–Trinajstić information content (AvgIpc) is 1.96. The van der Waals surface area contributed by atoms with Gasteiger partial charge in [0.05, 0.1) is 0 Å². The van der Waals surface area contributed by atoms with Crippen LogP contribution >= 0.6 is 12.4 Å². The summed E-state index contributed by atoms with van der Waals surface area (Å²) in [5.74, 6) is -1.06. The van der Waals surface area contributed by atoms with Gasteiger partial charge in [-0.15, -0.1) is 12.4 Å². The third kappa shape index (κ3) is 8.05. The maximum Gasteiger partial charge on any atom is 0.408 e. The summed E-state index contributed by atoms with van der Waals surface area (Å²) in [5, 5.41) is 10.9. The van der Waals surface area contributed by atoms with Gasteiger partial charge in [-0.1, -0.05) is 6.92 Å². The molecule has 0 aromatic carbocycles. The van der Waals surface area contributed by atoms with Crippen LogP contribution in [0.15, 0.2) is 0 Å². The van der Waals surface area contributed by atoms with Gasteiger partial charge < -0.3 is 15.2 Å². The minimum Gasteiger partial charge on any atom is -0.480 e.